The van der Waals surface area contributed by atoms with E-state index in [0.717, 1.165) is 16.9 Å². The molecular formula is C27H25N3O3S. The first-order chi connectivity index (χ1) is 16.6. The topological polar surface area (TPSA) is 71.0 Å². The zero-order valence-electron chi connectivity index (χ0n) is 18.6. The summed E-state index contributed by atoms with van der Waals surface area (Å²) in [6.07, 6.45) is -0.344. The molecule has 0 aromatic heterocycles. The minimum absolute atomic E-state index is 0.113. The minimum Gasteiger partial charge on any atom is -0.445 e. The molecule has 2 atom stereocenters. The number of fused-ring (bicyclic) bond motifs is 1. The molecule has 6 nitrogen and oxygen atoms in total. The van der Waals surface area contributed by atoms with E-state index in [1.165, 1.54) is 11.8 Å². The molecule has 2 aliphatic heterocycles. The second-order valence-corrected chi connectivity index (χ2v) is 9.46. The number of likely N-dealkylation sites (tertiary alicyclic amines) is 1. The van der Waals surface area contributed by atoms with E-state index in [4.69, 9.17) is 9.73 Å². The van der Waals surface area contributed by atoms with Crippen LogP contribution in [-0.2, 0) is 16.9 Å². The third-order valence-electron chi connectivity index (χ3n) is 6.26. The maximum atomic E-state index is 13.0. The molecule has 0 spiro atoms. The van der Waals surface area contributed by atoms with Crippen molar-refractivity contribution in [2.75, 3.05) is 18.8 Å². The predicted molar refractivity (Wildman–Crippen MR) is 134 cm³/mol. The van der Waals surface area contributed by atoms with Gasteiger partial charge in [0.15, 0.2) is 5.17 Å². The summed E-state index contributed by atoms with van der Waals surface area (Å²) in [5.74, 6) is 0.665. The molecule has 3 aromatic carbocycles. The van der Waals surface area contributed by atoms with Gasteiger partial charge in [0.05, 0.1) is 6.54 Å². The highest BCUT2D eigenvalue weighted by atomic mass is 32.2. The maximum Gasteiger partial charge on any atom is 0.410 e. The van der Waals surface area contributed by atoms with Crippen LogP contribution in [0, 0.1) is 5.92 Å². The fourth-order valence-corrected chi connectivity index (χ4v) is 5.64. The smallest absolute Gasteiger partial charge is 0.410 e. The van der Waals surface area contributed by atoms with Crippen LogP contribution in [0.4, 0.5) is 4.79 Å². The van der Waals surface area contributed by atoms with Crippen LogP contribution in [0.2, 0.25) is 0 Å². The quantitative estimate of drug-likeness (QED) is 0.600. The van der Waals surface area contributed by atoms with Gasteiger partial charge in [0.2, 0.25) is 0 Å². The summed E-state index contributed by atoms with van der Waals surface area (Å²) < 4.78 is 5.61. The molecule has 5 rings (SSSR count). The Morgan fingerprint density at radius 3 is 2.32 bits per heavy atom. The highest BCUT2D eigenvalue weighted by molar-refractivity contribution is 8.13. The van der Waals surface area contributed by atoms with Gasteiger partial charge in [0.1, 0.15) is 12.1 Å². The van der Waals surface area contributed by atoms with Crippen LogP contribution in [0.25, 0.3) is 0 Å². The van der Waals surface area contributed by atoms with Gasteiger partial charge in [-0.15, -0.1) is 0 Å². The van der Waals surface area contributed by atoms with Gasteiger partial charge in [-0.25, -0.2) is 9.79 Å². The number of thioether (sulfide) groups is 1. The van der Waals surface area contributed by atoms with Gasteiger partial charge in [0, 0.05) is 23.8 Å². The number of nitrogens with one attached hydrogen (secondary N) is 1. The van der Waals surface area contributed by atoms with Crippen LogP contribution in [0.5, 0.6) is 0 Å². The Labute approximate surface area is 203 Å². The molecule has 2 aliphatic rings. The van der Waals surface area contributed by atoms with Crippen molar-refractivity contribution in [2.45, 2.75) is 12.1 Å². The van der Waals surface area contributed by atoms with Crippen LogP contribution >= 0.6 is 11.8 Å². The SMILES string of the molecule is O=C(NC1=N[C@@]2(c3ccccc3)CN(C(=O)OCc3ccccc3)C[C@H]2CS1)c1ccccc1. The van der Waals surface area contributed by atoms with Gasteiger partial charge in [-0.2, -0.15) is 0 Å². The fraction of sp³-hybridized carbons (Fsp3) is 0.222. The number of hydrogen-bond donors (Lipinski definition) is 1. The summed E-state index contributed by atoms with van der Waals surface area (Å²) in [7, 11) is 0. The fourth-order valence-electron chi connectivity index (χ4n) is 4.50. The van der Waals surface area contributed by atoms with Crippen molar-refractivity contribution < 1.29 is 14.3 Å². The van der Waals surface area contributed by atoms with E-state index in [1.807, 2.05) is 78.9 Å². The van der Waals surface area contributed by atoms with Crippen molar-refractivity contribution in [3.05, 3.63) is 108 Å². The van der Waals surface area contributed by atoms with Crippen molar-refractivity contribution >= 4 is 28.9 Å². The monoisotopic (exact) mass is 471 g/mol. The number of ether oxygens (including phenoxy) is 1. The molecule has 1 N–H and O–H groups in total. The van der Waals surface area contributed by atoms with Gasteiger partial charge < -0.3 is 15.0 Å². The molecule has 172 valence electrons. The third kappa shape index (κ3) is 4.56. The molecule has 0 radical (unpaired) electrons. The molecule has 7 heteroatoms. The molecule has 0 bridgehead atoms. The lowest BCUT2D eigenvalue weighted by molar-refractivity contribution is 0.0975. The normalized spacial score (nSPS) is 21.4. The second-order valence-electron chi connectivity index (χ2n) is 8.46. The van der Waals surface area contributed by atoms with Crippen molar-refractivity contribution in [1.82, 2.24) is 10.2 Å². The van der Waals surface area contributed by atoms with Gasteiger partial charge in [0.25, 0.3) is 5.91 Å². The van der Waals surface area contributed by atoms with E-state index in [9.17, 15) is 9.59 Å². The van der Waals surface area contributed by atoms with Crippen LogP contribution < -0.4 is 5.32 Å². The molecule has 0 saturated carbocycles. The van der Waals surface area contributed by atoms with Gasteiger partial charge >= 0.3 is 6.09 Å². The number of amides is 2. The highest BCUT2D eigenvalue weighted by Crippen LogP contribution is 2.45. The van der Waals surface area contributed by atoms with Crippen molar-refractivity contribution in [3.8, 4) is 0 Å². The van der Waals surface area contributed by atoms with Crippen LogP contribution in [0.3, 0.4) is 0 Å². The van der Waals surface area contributed by atoms with Gasteiger partial charge in [-0.3, -0.25) is 4.79 Å². The molecule has 2 heterocycles. The van der Waals surface area contributed by atoms with Gasteiger partial charge in [-0.1, -0.05) is 90.6 Å². The number of benzene rings is 3. The Hall–Kier alpha value is -3.58. The maximum absolute atomic E-state index is 13.0. The molecule has 1 saturated heterocycles. The summed E-state index contributed by atoms with van der Waals surface area (Å²) >= 11 is 1.52. The molecule has 0 aliphatic carbocycles. The Kier molecular flexibility index (Phi) is 6.36. The van der Waals surface area contributed by atoms with Crippen molar-refractivity contribution in [3.63, 3.8) is 0 Å². The first-order valence-corrected chi connectivity index (χ1v) is 12.2. The lowest BCUT2D eigenvalue weighted by atomic mass is 9.82. The number of nitrogens with zero attached hydrogens (tertiary/aromatic N) is 2. The van der Waals surface area contributed by atoms with Crippen molar-refractivity contribution in [1.29, 1.82) is 0 Å². The zero-order valence-corrected chi connectivity index (χ0v) is 19.4. The lowest BCUT2D eigenvalue weighted by Gasteiger charge is -2.35. The Morgan fingerprint density at radius 2 is 1.62 bits per heavy atom. The summed E-state index contributed by atoms with van der Waals surface area (Å²) in [5.41, 5.74) is 1.94. The molecule has 34 heavy (non-hydrogen) atoms. The number of carbonyl (C=O) groups is 2. The minimum atomic E-state index is -0.627. The number of aliphatic imine (C=N–C) groups is 1. The number of amidine groups is 1. The van der Waals surface area contributed by atoms with E-state index in [-0.39, 0.29) is 24.5 Å². The molecule has 1 fully saturated rings. The van der Waals surface area contributed by atoms with Crippen LogP contribution in [-0.4, -0.2) is 40.9 Å². The largest absolute Gasteiger partial charge is 0.445 e. The summed E-state index contributed by atoms with van der Waals surface area (Å²) in [6, 6.07) is 28.8. The average Bonchev–Trinajstić information content (AvgIpc) is 3.29. The van der Waals surface area contributed by atoms with Crippen LogP contribution in [0.15, 0.2) is 96.0 Å². The van der Waals surface area contributed by atoms with Crippen molar-refractivity contribution in [2.24, 2.45) is 10.9 Å². The summed E-state index contributed by atoms with van der Waals surface area (Å²) in [6.45, 7) is 1.19. The van der Waals surface area contributed by atoms with E-state index >= 15 is 0 Å². The molecule has 3 aromatic rings. The summed E-state index contributed by atoms with van der Waals surface area (Å²) in [5, 5.41) is 3.55. The average molecular weight is 472 g/mol. The predicted octanol–water partition coefficient (Wildman–Crippen LogP) is 4.68. The number of carbonyl (C=O) groups excluding carboxylic acids is 2. The van der Waals surface area contributed by atoms with Gasteiger partial charge in [-0.05, 0) is 23.3 Å². The lowest BCUT2D eigenvalue weighted by Crippen LogP contribution is -2.42. The standard InChI is InChI=1S/C27H25N3O3S/c31-24(21-12-6-2-7-13-21)28-25-29-27(22-14-8-3-9-15-22)19-30(16-23(27)18-34-25)26(32)33-17-20-10-4-1-5-11-20/h1-15,23H,16-19H2,(H,28,29,31)/t23-,27+/m0/s1. The Bertz CT molecular complexity index is 1190. The molecule has 2 amide bonds. The summed E-state index contributed by atoms with van der Waals surface area (Å²) in [4.78, 5) is 32.5. The van der Waals surface area contributed by atoms with Crippen LogP contribution in [0.1, 0.15) is 21.5 Å². The number of hydrogen-bond acceptors (Lipinski definition) is 5. The Morgan fingerprint density at radius 1 is 0.971 bits per heavy atom. The van der Waals surface area contributed by atoms with E-state index in [0.29, 0.717) is 23.8 Å². The van der Waals surface area contributed by atoms with E-state index in [2.05, 4.69) is 5.32 Å². The molecule has 0 unspecified atom stereocenters. The first kappa shape index (κ1) is 22.2. The van der Waals surface area contributed by atoms with E-state index < -0.39 is 5.54 Å². The second kappa shape index (κ2) is 9.73. The number of rotatable bonds is 4. The third-order valence-corrected chi connectivity index (χ3v) is 7.30. The zero-order chi connectivity index (χ0) is 23.4. The first-order valence-electron chi connectivity index (χ1n) is 11.2. The highest BCUT2D eigenvalue weighted by Gasteiger charge is 2.52. The molecular weight excluding hydrogens is 446 g/mol. The van der Waals surface area contributed by atoms with E-state index in [1.54, 1.807) is 17.0 Å². The Balaban J connectivity index is 1.38.